The average Bonchev–Trinajstić information content (AvgIpc) is 2.65. The second-order valence-electron chi connectivity index (χ2n) is 3.03. The quantitative estimate of drug-likeness (QED) is 0.732. The van der Waals surface area contributed by atoms with Gasteiger partial charge in [-0.1, -0.05) is 5.92 Å². The van der Waals surface area contributed by atoms with Crippen LogP contribution in [-0.2, 0) is 0 Å². The summed E-state index contributed by atoms with van der Waals surface area (Å²) in [6.07, 6.45) is 1.48. The van der Waals surface area contributed by atoms with E-state index in [1.807, 2.05) is 19.9 Å². The lowest BCUT2D eigenvalue weighted by Crippen LogP contribution is -2.06. The van der Waals surface area contributed by atoms with E-state index in [2.05, 4.69) is 32.2 Å². The first kappa shape index (κ1) is 9.46. The molecule has 5 nitrogen and oxygen atoms in total. The second-order valence-corrected chi connectivity index (χ2v) is 3.03. The summed E-state index contributed by atoms with van der Waals surface area (Å²) in [5.74, 6) is 7.21. The molecule has 0 unspecified atom stereocenters. The molecule has 0 aliphatic heterocycles. The van der Waals surface area contributed by atoms with Gasteiger partial charge in [-0.3, -0.25) is 0 Å². The molecule has 0 atom stereocenters. The largest absolute Gasteiger partial charge is 0.359 e. The molecule has 0 bridgehead atoms. The Morgan fingerprint density at radius 1 is 1.53 bits per heavy atom. The van der Waals surface area contributed by atoms with Crippen LogP contribution in [0.1, 0.15) is 12.6 Å². The summed E-state index contributed by atoms with van der Waals surface area (Å²) < 4.78 is 1.66. The summed E-state index contributed by atoms with van der Waals surface area (Å²) in [5, 5.41) is 7.23. The molecule has 0 saturated heterocycles. The van der Waals surface area contributed by atoms with Gasteiger partial charge in [-0.2, -0.15) is 14.6 Å². The summed E-state index contributed by atoms with van der Waals surface area (Å²) in [4.78, 5) is 8.27. The molecule has 0 fully saturated rings. The van der Waals surface area contributed by atoms with Crippen molar-refractivity contribution < 1.29 is 0 Å². The number of aryl methyl sites for hydroxylation is 1. The normalized spacial score (nSPS) is 9.73. The fraction of sp³-hybridized carbons (Fsp3) is 0.300. The summed E-state index contributed by atoms with van der Waals surface area (Å²) >= 11 is 0. The minimum absolute atomic E-state index is 0.592. The molecular formula is C10H11N5. The molecule has 2 aromatic rings. The Kier molecular flexibility index (Phi) is 2.50. The Hall–Kier alpha value is -2.09. The number of rotatable bonds is 2. The minimum atomic E-state index is 0.592. The minimum Gasteiger partial charge on any atom is -0.359 e. The topological polar surface area (TPSA) is 55.1 Å². The van der Waals surface area contributed by atoms with Crippen molar-refractivity contribution in [2.24, 2.45) is 0 Å². The van der Waals surface area contributed by atoms with Crippen molar-refractivity contribution >= 4 is 11.6 Å². The van der Waals surface area contributed by atoms with Gasteiger partial charge in [0, 0.05) is 11.8 Å². The van der Waals surface area contributed by atoms with Crippen molar-refractivity contribution in [1.82, 2.24) is 19.6 Å². The molecule has 2 heterocycles. The standard InChI is InChI=1S/C10H11N5/c1-3-4-5-11-9-6-8(2)14-10-12-7-13-15(9)10/h6-7,11H,5H2,1-2H3. The van der Waals surface area contributed by atoms with E-state index < -0.39 is 0 Å². The number of anilines is 1. The van der Waals surface area contributed by atoms with E-state index in [0.717, 1.165) is 11.5 Å². The summed E-state index contributed by atoms with van der Waals surface area (Å²) in [6.45, 7) is 4.32. The second kappa shape index (κ2) is 3.96. The molecular weight excluding hydrogens is 190 g/mol. The van der Waals surface area contributed by atoms with Crippen LogP contribution in [0.15, 0.2) is 12.4 Å². The number of nitrogens with one attached hydrogen (secondary N) is 1. The summed E-state index contributed by atoms with van der Waals surface area (Å²) in [5.41, 5.74) is 0.905. The van der Waals surface area contributed by atoms with Gasteiger partial charge in [0.2, 0.25) is 0 Å². The third-order valence-corrected chi connectivity index (χ3v) is 1.91. The Balaban J connectivity index is 2.38. The Bertz CT molecular complexity index is 531. The lowest BCUT2D eigenvalue weighted by atomic mass is 10.4. The van der Waals surface area contributed by atoms with E-state index in [9.17, 15) is 0 Å². The van der Waals surface area contributed by atoms with Crippen molar-refractivity contribution in [2.45, 2.75) is 13.8 Å². The maximum absolute atomic E-state index is 4.24. The zero-order valence-electron chi connectivity index (χ0n) is 8.65. The van der Waals surface area contributed by atoms with Gasteiger partial charge in [0.25, 0.3) is 5.78 Å². The molecule has 15 heavy (non-hydrogen) atoms. The zero-order chi connectivity index (χ0) is 10.7. The number of hydrogen-bond acceptors (Lipinski definition) is 4. The van der Waals surface area contributed by atoms with Crippen LogP contribution in [0.2, 0.25) is 0 Å². The highest BCUT2D eigenvalue weighted by molar-refractivity contribution is 5.45. The van der Waals surface area contributed by atoms with E-state index in [1.54, 1.807) is 4.52 Å². The first-order chi connectivity index (χ1) is 7.31. The molecule has 0 amide bonds. The third kappa shape index (κ3) is 1.89. The van der Waals surface area contributed by atoms with Crippen LogP contribution in [-0.4, -0.2) is 26.1 Å². The van der Waals surface area contributed by atoms with Gasteiger partial charge in [-0.05, 0) is 13.8 Å². The van der Waals surface area contributed by atoms with Crippen molar-refractivity contribution in [1.29, 1.82) is 0 Å². The maximum atomic E-state index is 4.24. The van der Waals surface area contributed by atoms with E-state index in [-0.39, 0.29) is 0 Å². The SMILES string of the molecule is CC#CCNc1cc(C)nc2ncnn12. The number of fused-ring (bicyclic) bond motifs is 1. The summed E-state index contributed by atoms with van der Waals surface area (Å²) in [6, 6.07) is 1.92. The van der Waals surface area contributed by atoms with E-state index in [0.29, 0.717) is 12.3 Å². The molecule has 0 aliphatic rings. The molecule has 0 aromatic carbocycles. The highest BCUT2D eigenvalue weighted by Gasteiger charge is 2.03. The van der Waals surface area contributed by atoms with Gasteiger partial charge < -0.3 is 5.32 Å². The highest BCUT2D eigenvalue weighted by atomic mass is 15.3. The fourth-order valence-corrected chi connectivity index (χ4v) is 1.28. The Morgan fingerprint density at radius 2 is 2.40 bits per heavy atom. The van der Waals surface area contributed by atoms with Crippen molar-refractivity contribution in [2.75, 3.05) is 11.9 Å². The number of hydrogen-bond donors (Lipinski definition) is 1. The van der Waals surface area contributed by atoms with Crippen LogP contribution in [0.3, 0.4) is 0 Å². The molecule has 0 radical (unpaired) electrons. The predicted octanol–water partition coefficient (Wildman–Crippen LogP) is 0.868. The van der Waals surface area contributed by atoms with Crippen LogP contribution in [0.4, 0.5) is 5.82 Å². The number of nitrogens with zero attached hydrogens (tertiary/aromatic N) is 4. The van der Waals surface area contributed by atoms with Crippen LogP contribution in [0.25, 0.3) is 5.78 Å². The lowest BCUT2D eigenvalue weighted by Gasteiger charge is -2.04. The molecule has 0 aliphatic carbocycles. The third-order valence-electron chi connectivity index (χ3n) is 1.91. The maximum Gasteiger partial charge on any atom is 0.254 e. The van der Waals surface area contributed by atoms with Gasteiger partial charge >= 0.3 is 0 Å². The van der Waals surface area contributed by atoms with Gasteiger partial charge in [-0.25, -0.2) is 4.98 Å². The van der Waals surface area contributed by atoms with Gasteiger partial charge in [0.1, 0.15) is 12.1 Å². The smallest absolute Gasteiger partial charge is 0.254 e. The molecule has 2 aromatic heterocycles. The molecule has 2 rings (SSSR count). The predicted molar refractivity (Wildman–Crippen MR) is 57.5 cm³/mol. The van der Waals surface area contributed by atoms with E-state index in [1.165, 1.54) is 6.33 Å². The summed E-state index contributed by atoms with van der Waals surface area (Å²) in [7, 11) is 0. The van der Waals surface area contributed by atoms with Crippen LogP contribution in [0.5, 0.6) is 0 Å². The molecule has 0 saturated carbocycles. The number of aromatic nitrogens is 4. The van der Waals surface area contributed by atoms with Crippen molar-refractivity contribution in [3.8, 4) is 11.8 Å². The highest BCUT2D eigenvalue weighted by Crippen LogP contribution is 2.09. The van der Waals surface area contributed by atoms with E-state index in [4.69, 9.17) is 0 Å². The molecule has 76 valence electrons. The Morgan fingerprint density at radius 3 is 3.20 bits per heavy atom. The molecule has 0 spiro atoms. The average molecular weight is 201 g/mol. The van der Waals surface area contributed by atoms with Crippen molar-refractivity contribution in [3.63, 3.8) is 0 Å². The van der Waals surface area contributed by atoms with Crippen LogP contribution < -0.4 is 5.32 Å². The monoisotopic (exact) mass is 201 g/mol. The van der Waals surface area contributed by atoms with Gasteiger partial charge in [0.15, 0.2) is 0 Å². The zero-order valence-corrected chi connectivity index (χ0v) is 8.65. The van der Waals surface area contributed by atoms with Crippen molar-refractivity contribution in [3.05, 3.63) is 18.1 Å². The molecule has 5 heteroatoms. The first-order valence-electron chi connectivity index (χ1n) is 4.62. The first-order valence-corrected chi connectivity index (χ1v) is 4.62. The van der Waals surface area contributed by atoms with Crippen LogP contribution in [0, 0.1) is 18.8 Å². The fourth-order valence-electron chi connectivity index (χ4n) is 1.28. The molecule has 1 N–H and O–H groups in total. The van der Waals surface area contributed by atoms with E-state index >= 15 is 0 Å². The van der Waals surface area contributed by atoms with Crippen LogP contribution >= 0.6 is 0 Å². The van der Waals surface area contributed by atoms with Gasteiger partial charge in [-0.15, -0.1) is 5.92 Å². The Labute approximate surface area is 87.6 Å². The van der Waals surface area contributed by atoms with Gasteiger partial charge in [0.05, 0.1) is 6.54 Å². The lowest BCUT2D eigenvalue weighted by molar-refractivity contribution is 0.929.